The number of carbonyl (C=O) groups is 1. The van der Waals surface area contributed by atoms with Crippen molar-refractivity contribution in [2.75, 3.05) is 17.7 Å². The van der Waals surface area contributed by atoms with E-state index in [2.05, 4.69) is 18.9 Å². The molecule has 4 heteroatoms. The number of hydrogen-bond donors (Lipinski definition) is 2. The molecule has 1 saturated carbocycles. The number of amides is 1. The molecule has 110 valence electrons. The van der Waals surface area contributed by atoms with Crippen molar-refractivity contribution in [3.63, 3.8) is 0 Å². The summed E-state index contributed by atoms with van der Waals surface area (Å²) < 4.78 is 0. The third-order valence-corrected chi connectivity index (χ3v) is 4.63. The molecular weight excluding hydrogens is 250 g/mol. The Balaban J connectivity index is 2.09. The highest BCUT2D eigenvalue weighted by Crippen LogP contribution is 2.33. The van der Waals surface area contributed by atoms with Crippen LogP contribution >= 0.6 is 0 Å². The summed E-state index contributed by atoms with van der Waals surface area (Å²) in [7, 11) is 2.09. The molecule has 1 fully saturated rings. The van der Waals surface area contributed by atoms with Crippen molar-refractivity contribution in [1.82, 2.24) is 0 Å². The smallest absolute Gasteiger partial charge is 0.248 e. The molecule has 1 amide bonds. The van der Waals surface area contributed by atoms with Gasteiger partial charge in [-0.2, -0.15) is 0 Å². The van der Waals surface area contributed by atoms with Crippen LogP contribution in [0, 0.1) is 5.92 Å². The Morgan fingerprint density at radius 3 is 2.45 bits per heavy atom. The highest BCUT2D eigenvalue weighted by Gasteiger charge is 2.24. The lowest BCUT2D eigenvalue weighted by atomic mass is 9.84. The van der Waals surface area contributed by atoms with Crippen molar-refractivity contribution in [1.29, 1.82) is 0 Å². The van der Waals surface area contributed by atoms with Crippen LogP contribution in [0.25, 0.3) is 0 Å². The number of benzene rings is 1. The number of carbonyl (C=O) groups excluding carboxylic acids is 1. The van der Waals surface area contributed by atoms with Crippen LogP contribution in [0.3, 0.4) is 0 Å². The second-order valence-electron chi connectivity index (χ2n) is 5.83. The highest BCUT2D eigenvalue weighted by atomic mass is 16.1. The van der Waals surface area contributed by atoms with Gasteiger partial charge in [0.15, 0.2) is 0 Å². The van der Waals surface area contributed by atoms with Crippen molar-refractivity contribution in [3.8, 4) is 0 Å². The van der Waals surface area contributed by atoms with Crippen LogP contribution in [0.1, 0.15) is 49.4 Å². The SMILES string of the molecule is CCC1CCC(N(C)c2ccc(C(N)=O)cc2N)CC1. The van der Waals surface area contributed by atoms with Gasteiger partial charge >= 0.3 is 0 Å². The molecule has 0 saturated heterocycles. The van der Waals surface area contributed by atoms with Gasteiger partial charge in [-0.25, -0.2) is 0 Å². The van der Waals surface area contributed by atoms with Gasteiger partial charge in [-0.3, -0.25) is 4.79 Å². The molecule has 0 spiro atoms. The second kappa shape index (κ2) is 6.16. The maximum atomic E-state index is 11.2. The predicted molar refractivity (Wildman–Crippen MR) is 83.8 cm³/mol. The average Bonchev–Trinajstić information content (AvgIpc) is 2.46. The fourth-order valence-electron chi connectivity index (χ4n) is 3.17. The number of primary amides is 1. The Hall–Kier alpha value is -1.71. The lowest BCUT2D eigenvalue weighted by Gasteiger charge is -2.36. The summed E-state index contributed by atoms with van der Waals surface area (Å²) in [6.07, 6.45) is 6.31. The van der Waals surface area contributed by atoms with E-state index in [1.165, 1.54) is 32.1 Å². The van der Waals surface area contributed by atoms with E-state index in [9.17, 15) is 4.79 Å². The van der Waals surface area contributed by atoms with E-state index in [0.717, 1.165) is 11.6 Å². The molecule has 4 N–H and O–H groups in total. The molecule has 1 aromatic rings. The fraction of sp³-hybridized carbons (Fsp3) is 0.562. The zero-order chi connectivity index (χ0) is 14.7. The van der Waals surface area contributed by atoms with E-state index in [0.29, 0.717) is 17.3 Å². The Kier molecular flexibility index (Phi) is 4.53. The first-order valence-electron chi connectivity index (χ1n) is 7.45. The molecule has 0 aromatic heterocycles. The van der Waals surface area contributed by atoms with E-state index in [-0.39, 0.29) is 0 Å². The standard InChI is InChI=1S/C16H25N3O/c1-3-11-4-7-13(8-5-11)19(2)15-9-6-12(16(18)20)10-14(15)17/h6,9-11,13H,3-5,7-8,17H2,1-2H3,(H2,18,20). The molecule has 0 atom stereocenters. The summed E-state index contributed by atoms with van der Waals surface area (Å²) >= 11 is 0. The predicted octanol–water partition coefficient (Wildman–Crippen LogP) is 2.77. The summed E-state index contributed by atoms with van der Waals surface area (Å²) in [5.74, 6) is 0.448. The zero-order valence-electron chi connectivity index (χ0n) is 12.4. The topological polar surface area (TPSA) is 72.3 Å². The van der Waals surface area contributed by atoms with E-state index in [1.54, 1.807) is 12.1 Å². The quantitative estimate of drug-likeness (QED) is 0.830. The maximum Gasteiger partial charge on any atom is 0.248 e. The molecule has 4 nitrogen and oxygen atoms in total. The molecular formula is C16H25N3O. The first-order chi connectivity index (χ1) is 9.52. The van der Waals surface area contributed by atoms with Gasteiger partial charge < -0.3 is 16.4 Å². The van der Waals surface area contributed by atoms with Crippen molar-refractivity contribution in [2.45, 2.75) is 45.1 Å². The number of anilines is 2. The number of nitrogens with zero attached hydrogens (tertiary/aromatic N) is 1. The van der Waals surface area contributed by atoms with E-state index in [4.69, 9.17) is 11.5 Å². The molecule has 1 aromatic carbocycles. The van der Waals surface area contributed by atoms with Crippen LogP contribution in [0.15, 0.2) is 18.2 Å². The normalized spacial score (nSPS) is 22.5. The number of hydrogen-bond acceptors (Lipinski definition) is 3. The summed E-state index contributed by atoms with van der Waals surface area (Å²) in [6, 6.07) is 5.87. The van der Waals surface area contributed by atoms with E-state index in [1.807, 2.05) is 6.07 Å². The molecule has 20 heavy (non-hydrogen) atoms. The molecule has 0 heterocycles. The number of nitrogens with two attached hydrogens (primary N) is 2. The molecule has 0 aliphatic heterocycles. The van der Waals surface area contributed by atoms with Gasteiger partial charge in [0.2, 0.25) is 5.91 Å². The summed E-state index contributed by atoms with van der Waals surface area (Å²) in [4.78, 5) is 13.4. The van der Waals surface area contributed by atoms with Crippen molar-refractivity contribution < 1.29 is 4.79 Å². The van der Waals surface area contributed by atoms with Crippen LogP contribution in [0.5, 0.6) is 0 Å². The van der Waals surface area contributed by atoms with Crippen LogP contribution in [-0.2, 0) is 0 Å². The minimum absolute atomic E-state index is 0.436. The van der Waals surface area contributed by atoms with Crippen molar-refractivity contribution in [3.05, 3.63) is 23.8 Å². The number of rotatable bonds is 4. The van der Waals surface area contributed by atoms with Gasteiger partial charge in [0.05, 0.1) is 11.4 Å². The lowest BCUT2D eigenvalue weighted by Crippen LogP contribution is -2.35. The van der Waals surface area contributed by atoms with Gasteiger partial charge in [-0.1, -0.05) is 13.3 Å². The summed E-state index contributed by atoms with van der Waals surface area (Å²) in [6.45, 7) is 2.27. The third-order valence-electron chi connectivity index (χ3n) is 4.63. The molecule has 1 aliphatic carbocycles. The molecule has 0 radical (unpaired) electrons. The zero-order valence-corrected chi connectivity index (χ0v) is 12.4. The van der Waals surface area contributed by atoms with Crippen LogP contribution in [0.2, 0.25) is 0 Å². The molecule has 2 rings (SSSR count). The summed E-state index contributed by atoms with van der Waals surface area (Å²) in [5.41, 5.74) is 13.4. The summed E-state index contributed by atoms with van der Waals surface area (Å²) in [5, 5.41) is 0. The largest absolute Gasteiger partial charge is 0.397 e. The molecule has 1 aliphatic rings. The first-order valence-corrected chi connectivity index (χ1v) is 7.45. The number of nitrogen functional groups attached to an aromatic ring is 1. The van der Waals surface area contributed by atoms with Crippen molar-refractivity contribution in [2.24, 2.45) is 11.7 Å². The maximum absolute atomic E-state index is 11.2. The van der Waals surface area contributed by atoms with Crippen LogP contribution in [-0.4, -0.2) is 19.0 Å². The van der Waals surface area contributed by atoms with Gasteiger partial charge in [0.1, 0.15) is 0 Å². The first kappa shape index (κ1) is 14.7. The monoisotopic (exact) mass is 275 g/mol. The van der Waals surface area contributed by atoms with Gasteiger partial charge in [0, 0.05) is 18.7 Å². The molecule has 0 unspecified atom stereocenters. The second-order valence-corrected chi connectivity index (χ2v) is 5.83. The van der Waals surface area contributed by atoms with E-state index < -0.39 is 5.91 Å². The van der Waals surface area contributed by atoms with Crippen LogP contribution < -0.4 is 16.4 Å². The minimum Gasteiger partial charge on any atom is -0.397 e. The Bertz CT molecular complexity index is 479. The van der Waals surface area contributed by atoms with Gasteiger partial charge in [-0.15, -0.1) is 0 Å². The van der Waals surface area contributed by atoms with Crippen LogP contribution in [0.4, 0.5) is 11.4 Å². The van der Waals surface area contributed by atoms with Gasteiger partial charge in [-0.05, 0) is 49.8 Å². The third kappa shape index (κ3) is 3.06. The molecule has 0 bridgehead atoms. The Labute approximate surface area is 121 Å². The van der Waals surface area contributed by atoms with E-state index >= 15 is 0 Å². The lowest BCUT2D eigenvalue weighted by molar-refractivity contribution is 0.100. The minimum atomic E-state index is -0.436. The Morgan fingerprint density at radius 2 is 1.95 bits per heavy atom. The van der Waals surface area contributed by atoms with Gasteiger partial charge in [0.25, 0.3) is 0 Å². The average molecular weight is 275 g/mol. The highest BCUT2D eigenvalue weighted by molar-refractivity contribution is 5.94. The Morgan fingerprint density at radius 1 is 1.30 bits per heavy atom. The van der Waals surface area contributed by atoms with Crippen molar-refractivity contribution >= 4 is 17.3 Å². The fourth-order valence-corrected chi connectivity index (χ4v) is 3.17.